The van der Waals surface area contributed by atoms with Gasteiger partial charge in [0.15, 0.2) is 0 Å². The molecule has 2 aromatic heterocycles. The lowest BCUT2D eigenvalue weighted by atomic mass is 9.89. The van der Waals surface area contributed by atoms with Crippen molar-refractivity contribution in [3.05, 3.63) is 46.6 Å². The number of aromatic nitrogens is 1. The highest BCUT2D eigenvalue weighted by atomic mass is 32.1. The maximum atomic E-state index is 12.3. The second kappa shape index (κ2) is 9.49. The molecule has 1 atom stereocenters. The molecule has 164 valence electrons. The molecule has 1 unspecified atom stereocenters. The van der Waals surface area contributed by atoms with Crippen LogP contribution in [0.4, 0.5) is 15.5 Å². The minimum absolute atomic E-state index is 0.117. The number of pyridine rings is 1. The van der Waals surface area contributed by atoms with Crippen LogP contribution >= 0.6 is 11.3 Å². The van der Waals surface area contributed by atoms with Gasteiger partial charge in [-0.25, -0.2) is 4.79 Å². The van der Waals surface area contributed by atoms with Gasteiger partial charge in [0, 0.05) is 30.5 Å². The van der Waals surface area contributed by atoms with E-state index in [0.29, 0.717) is 30.4 Å². The number of nitrogens with one attached hydrogen (secondary N) is 1. The van der Waals surface area contributed by atoms with E-state index in [9.17, 15) is 9.59 Å². The van der Waals surface area contributed by atoms with Gasteiger partial charge in [-0.05, 0) is 48.4 Å². The molecule has 8 nitrogen and oxygen atoms in total. The van der Waals surface area contributed by atoms with Gasteiger partial charge in [0.1, 0.15) is 5.00 Å². The molecule has 3 N–H and O–H groups in total. The van der Waals surface area contributed by atoms with Crippen LogP contribution in [-0.2, 0) is 27.1 Å². The average molecular weight is 443 g/mol. The molecule has 1 saturated heterocycles. The van der Waals surface area contributed by atoms with Crippen LogP contribution in [0.25, 0.3) is 6.08 Å². The van der Waals surface area contributed by atoms with Gasteiger partial charge >= 0.3 is 6.09 Å². The van der Waals surface area contributed by atoms with Gasteiger partial charge in [-0.2, -0.15) is 0 Å². The highest BCUT2D eigenvalue weighted by molar-refractivity contribution is 7.17. The van der Waals surface area contributed by atoms with Crippen molar-refractivity contribution >= 4 is 40.1 Å². The first kappa shape index (κ1) is 21.3. The summed E-state index contributed by atoms with van der Waals surface area (Å²) >= 11 is 1.50. The summed E-state index contributed by atoms with van der Waals surface area (Å²) < 4.78 is 10.7. The van der Waals surface area contributed by atoms with E-state index in [4.69, 9.17) is 15.2 Å². The summed E-state index contributed by atoms with van der Waals surface area (Å²) in [5.74, 6) is 0.0200. The molecule has 0 aromatic carbocycles. The number of ether oxygens (including phenoxy) is 2. The molecule has 0 bridgehead atoms. The van der Waals surface area contributed by atoms with Gasteiger partial charge in [0.05, 0.1) is 31.5 Å². The number of nitrogens with two attached hydrogens (primary N) is 1. The Hall–Kier alpha value is -2.91. The van der Waals surface area contributed by atoms with Crippen LogP contribution in [0.15, 0.2) is 30.6 Å². The van der Waals surface area contributed by atoms with Crippen molar-refractivity contribution in [3.63, 3.8) is 0 Å². The summed E-state index contributed by atoms with van der Waals surface area (Å²) in [6.45, 7) is 1.56. The first-order valence-corrected chi connectivity index (χ1v) is 11.1. The number of likely N-dealkylation sites (tertiary alicyclic amines) is 1. The topological polar surface area (TPSA) is 107 Å². The van der Waals surface area contributed by atoms with Gasteiger partial charge in [0.25, 0.3) is 0 Å². The molecule has 0 radical (unpaired) electrons. The van der Waals surface area contributed by atoms with Gasteiger partial charge in [-0.15, -0.1) is 11.3 Å². The maximum Gasteiger partial charge on any atom is 0.409 e. The minimum atomic E-state index is -0.279. The van der Waals surface area contributed by atoms with E-state index < -0.39 is 0 Å². The predicted molar refractivity (Wildman–Crippen MR) is 120 cm³/mol. The number of methoxy groups -OCH3 is 1. The van der Waals surface area contributed by atoms with Crippen LogP contribution in [0.3, 0.4) is 0 Å². The van der Waals surface area contributed by atoms with E-state index >= 15 is 0 Å². The van der Waals surface area contributed by atoms with Crippen molar-refractivity contribution in [2.24, 2.45) is 5.92 Å². The smallest absolute Gasteiger partial charge is 0.409 e. The largest absolute Gasteiger partial charge is 0.449 e. The molecule has 0 spiro atoms. The van der Waals surface area contributed by atoms with Crippen molar-refractivity contribution < 1.29 is 19.1 Å². The van der Waals surface area contributed by atoms with Crippen molar-refractivity contribution in [3.8, 4) is 0 Å². The molecule has 3 heterocycles. The van der Waals surface area contributed by atoms with Crippen molar-refractivity contribution in [1.82, 2.24) is 9.88 Å². The number of nitrogen functional groups attached to an aromatic ring is 1. The molecule has 31 heavy (non-hydrogen) atoms. The number of thiophene rings is 1. The Morgan fingerprint density at radius 3 is 3.00 bits per heavy atom. The van der Waals surface area contributed by atoms with Crippen molar-refractivity contribution in [2.45, 2.75) is 25.4 Å². The first-order valence-electron chi connectivity index (χ1n) is 10.3. The zero-order valence-electron chi connectivity index (χ0n) is 17.4. The summed E-state index contributed by atoms with van der Waals surface area (Å²) in [5, 5.41) is 3.56. The van der Waals surface area contributed by atoms with Crippen LogP contribution in [0, 0.1) is 5.92 Å². The molecule has 1 aliphatic carbocycles. The molecule has 1 aliphatic heterocycles. The highest BCUT2D eigenvalue weighted by Gasteiger charge is 2.32. The molecule has 0 saturated carbocycles. The Bertz CT molecular complexity index is 969. The van der Waals surface area contributed by atoms with E-state index in [2.05, 4.69) is 10.3 Å². The fraction of sp³-hybridized carbons (Fsp3) is 0.409. The Labute approximate surface area is 185 Å². The summed E-state index contributed by atoms with van der Waals surface area (Å²) in [5.41, 5.74) is 8.89. The Morgan fingerprint density at radius 2 is 2.26 bits per heavy atom. The number of carbonyl (C=O) groups is 2. The molecule has 1 fully saturated rings. The minimum Gasteiger partial charge on any atom is -0.449 e. The van der Waals surface area contributed by atoms with Crippen LogP contribution in [0.2, 0.25) is 0 Å². The van der Waals surface area contributed by atoms with Gasteiger partial charge in [-0.3, -0.25) is 9.78 Å². The highest BCUT2D eigenvalue weighted by Crippen LogP contribution is 2.41. The standard InChI is InChI=1S/C22H26N4O4S/c1-29-16-11-26(12-16)22(28)30-13-15-4-6-17-18(9-15)31-21(20(17)23)25-19(27)7-5-14-3-2-8-24-10-14/h2-3,5,7-8,10,15-16H,4,6,9,11-13,23H2,1H3,(H,25,27)/b7-5+. The third-order valence-electron chi connectivity index (χ3n) is 5.64. The van der Waals surface area contributed by atoms with Crippen LogP contribution in [0.1, 0.15) is 22.4 Å². The molecule has 2 aromatic rings. The van der Waals surface area contributed by atoms with E-state index in [-0.39, 0.29) is 24.0 Å². The number of carbonyl (C=O) groups excluding carboxylic acids is 2. The van der Waals surface area contributed by atoms with E-state index in [1.54, 1.807) is 30.5 Å². The quantitative estimate of drug-likeness (QED) is 0.666. The number of amides is 2. The fourth-order valence-electron chi connectivity index (χ4n) is 3.73. The summed E-state index contributed by atoms with van der Waals surface area (Å²) in [6, 6.07) is 3.69. The van der Waals surface area contributed by atoms with Gasteiger partial charge in [0.2, 0.25) is 5.91 Å². The average Bonchev–Trinajstić information content (AvgIpc) is 3.05. The zero-order valence-corrected chi connectivity index (χ0v) is 18.2. The number of hydrogen-bond donors (Lipinski definition) is 2. The molecule has 2 amide bonds. The monoisotopic (exact) mass is 442 g/mol. The number of anilines is 2. The summed E-state index contributed by atoms with van der Waals surface area (Å²) in [4.78, 5) is 31.2. The molecule has 9 heteroatoms. The molecular formula is C22H26N4O4S. The molecular weight excluding hydrogens is 416 g/mol. The maximum absolute atomic E-state index is 12.3. The Morgan fingerprint density at radius 1 is 1.42 bits per heavy atom. The lowest BCUT2D eigenvalue weighted by Crippen LogP contribution is -2.54. The summed E-state index contributed by atoms with van der Waals surface area (Å²) in [7, 11) is 1.65. The third kappa shape index (κ3) is 5.05. The molecule has 4 rings (SSSR count). The second-order valence-electron chi connectivity index (χ2n) is 7.80. The predicted octanol–water partition coefficient (Wildman–Crippen LogP) is 2.95. The third-order valence-corrected chi connectivity index (χ3v) is 6.82. The number of nitrogens with zero attached hydrogens (tertiary/aromatic N) is 2. The fourth-order valence-corrected chi connectivity index (χ4v) is 5.02. The zero-order chi connectivity index (χ0) is 21.8. The van der Waals surface area contributed by atoms with Gasteiger partial charge in [-0.1, -0.05) is 6.07 Å². The second-order valence-corrected chi connectivity index (χ2v) is 8.91. The van der Waals surface area contributed by atoms with Crippen LogP contribution < -0.4 is 11.1 Å². The van der Waals surface area contributed by atoms with E-state index in [1.165, 1.54) is 17.4 Å². The van der Waals surface area contributed by atoms with Crippen LogP contribution in [-0.4, -0.2) is 54.8 Å². The van der Waals surface area contributed by atoms with E-state index in [0.717, 1.165) is 35.3 Å². The number of fused-ring (bicyclic) bond motifs is 1. The first-order chi connectivity index (χ1) is 15.0. The van der Waals surface area contributed by atoms with Crippen molar-refractivity contribution in [2.75, 3.05) is 37.9 Å². The van der Waals surface area contributed by atoms with Gasteiger partial charge < -0.3 is 25.4 Å². The van der Waals surface area contributed by atoms with Crippen LogP contribution in [0.5, 0.6) is 0 Å². The lowest BCUT2D eigenvalue weighted by Gasteiger charge is -2.37. The normalized spacial score (nSPS) is 18.5. The Kier molecular flexibility index (Phi) is 6.53. The SMILES string of the molecule is COC1CN(C(=O)OCC2CCc3c(sc(NC(=O)/C=C/c4cccnc4)c3N)C2)C1. The van der Waals surface area contributed by atoms with Crippen molar-refractivity contribution in [1.29, 1.82) is 0 Å². The lowest BCUT2D eigenvalue weighted by molar-refractivity contribution is -0.111. The number of hydrogen-bond acceptors (Lipinski definition) is 7. The number of rotatable bonds is 6. The molecule has 2 aliphatic rings. The summed E-state index contributed by atoms with van der Waals surface area (Å²) in [6.07, 6.45) is 8.90. The van der Waals surface area contributed by atoms with E-state index in [1.807, 2.05) is 12.1 Å². The Balaban J connectivity index is 1.30.